The van der Waals surface area contributed by atoms with Crippen LogP contribution >= 0.6 is 0 Å². The second-order valence-electron chi connectivity index (χ2n) is 4.41. The summed E-state index contributed by atoms with van der Waals surface area (Å²) in [5.41, 5.74) is 0.541. The van der Waals surface area contributed by atoms with Gasteiger partial charge in [-0.2, -0.15) is 0 Å². The largest absolute Gasteiger partial charge is 0.479 e. The van der Waals surface area contributed by atoms with Crippen molar-refractivity contribution >= 4 is 12.0 Å². The van der Waals surface area contributed by atoms with Crippen LogP contribution in [0.4, 0.5) is 4.79 Å². The first-order valence-electron chi connectivity index (χ1n) is 7.01. The van der Waals surface area contributed by atoms with E-state index >= 15 is 0 Å². The molecule has 116 valence electrons. The van der Waals surface area contributed by atoms with Gasteiger partial charge in [0, 0.05) is 19.7 Å². The highest BCUT2D eigenvalue weighted by Gasteiger charge is 2.23. The second-order valence-corrected chi connectivity index (χ2v) is 4.41. The quantitative estimate of drug-likeness (QED) is 0.718. The first kappa shape index (κ1) is 17.0. The Bertz CT molecular complexity index is 450. The van der Waals surface area contributed by atoms with Gasteiger partial charge in [0.25, 0.3) is 0 Å². The zero-order chi connectivity index (χ0) is 15.7. The van der Waals surface area contributed by atoms with Gasteiger partial charge in [-0.25, -0.2) is 9.59 Å². The Balaban J connectivity index is 2.69. The third-order valence-corrected chi connectivity index (χ3v) is 3.03. The van der Waals surface area contributed by atoms with Crippen LogP contribution in [0.3, 0.4) is 0 Å². The topological polar surface area (TPSA) is 78.9 Å². The molecule has 0 spiro atoms. The van der Waals surface area contributed by atoms with Crippen molar-refractivity contribution in [1.29, 1.82) is 0 Å². The third kappa shape index (κ3) is 5.43. The molecule has 0 fully saturated rings. The molecule has 0 radical (unpaired) electrons. The van der Waals surface area contributed by atoms with Gasteiger partial charge in [0.05, 0.1) is 6.61 Å². The van der Waals surface area contributed by atoms with Gasteiger partial charge in [-0.3, -0.25) is 0 Å². The van der Waals surface area contributed by atoms with Gasteiger partial charge in [-0.15, -0.1) is 0 Å². The molecule has 0 bridgehead atoms. The lowest BCUT2D eigenvalue weighted by atomic mass is 10.1. The van der Waals surface area contributed by atoms with Crippen molar-refractivity contribution in [2.45, 2.75) is 19.9 Å². The molecule has 1 aromatic rings. The molecular weight excluding hydrogens is 272 g/mol. The number of benzene rings is 1. The molecule has 0 aromatic heterocycles. The fourth-order valence-corrected chi connectivity index (χ4v) is 1.87. The van der Waals surface area contributed by atoms with E-state index in [1.807, 2.05) is 13.8 Å². The van der Waals surface area contributed by atoms with Crippen LogP contribution in [0.1, 0.15) is 25.5 Å². The van der Waals surface area contributed by atoms with Crippen LogP contribution in [0.2, 0.25) is 0 Å². The highest BCUT2D eigenvalue weighted by molar-refractivity contribution is 5.83. The van der Waals surface area contributed by atoms with Crippen molar-refractivity contribution in [3.05, 3.63) is 35.9 Å². The van der Waals surface area contributed by atoms with Crippen molar-refractivity contribution in [2.75, 3.05) is 26.3 Å². The molecule has 0 aliphatic rings. The molecule has 1 aromatic carbocycles. The maximum absolute atomic E-state index is 12.2. The molecule has 0 saturated heterocycles. The molecule has 1 rings (SSSR count). The summed E-state index contributed by atoms with van der Waals surface area (Å²) in [4.78, 5) is 25.0. The number of hydrogen-bond acceptors (Lipinski definition) is 3. The van der Waals surface area contributed by atoms with Gasteiger partial charge in [0.15, 0.2) is 6.04 Å². The number of ether oxygens (including phenoxy) is 1. The minimum atomic E-state index is -1.09. The van der Waals surface area contributed by atoms with E-state index in [2.05, 4.69) is 5.32 Å². The van der Waals surface area contributed by atoms with Gasteiger partial charge < -0.3 is 20.1 Å². The van der Waals surface area contributed by atoms with Crippen molar-refractivity contribution in [1.82, 2.24) is 10.2 Å². The number of likely N-dealkylation sites (N-methyl/N-ethyl adjacent to an activating group) is 1. The van der Waals surface area contributed by atoms with E-state index in [1.54, 1.807) is 30.3 Å². The summed E-state index contributed by atoms with van der Waals surface area (Å²) in [5, 5.41) is 11.8. The highest BCUT2D eigenvalue weighted by atomic mass is 16.5. The van der Waals surface area contributed by atoms with E-state index in [0.29, 0.717) is 31.9 Å². The lowest BCUT2D eigenvalue weighted by molar-refractivity contribution is -0.139. The number of nitrogens with zero attached hydrogens (tertiary/aromatic N) is 1. The van der Waals surface area contributed by atoms with Gasteiger partial charge in [0.1, 0.15) is 0 Å². The molecule has 6 nitrogen and oxygen atoms in total. The molecular formula is C15H22N2O4. The van der Waals surface area contributed by atoms with Crippen LogP contribution in [0, 0.1) is 0 Å². The lowest BCUT2D eigenvalue weighted by Gasteiger charge is -2.24. The Morgan fingerprint density at radius 2 is 1.95 bits per heavy atom. The summed E-state index contributed by atoms with van der Waals surface area (Å²) in [6.45, 7) is 5.65. The van der Waals surface area contributed by atoms with Crippen LogP contribution in [-0.2, 0) is 9.53 Å². The summed E-state index contributed by atoms with van der Waals surface area (Å²) in [7, 11) is 0. The monoisotopic (exact) mass is 294 g/mol. The average molecular weight is 294 g/mol. The number of carbonyl (C=O) groups excluding carboxylic acids is 1. The van der Waals surface area contributed by atoms with Crippen LogP contribution in [0.25, 0.3) is 0 Å². The predicted molar refractivity (Wildman–Crippen MR) is 79.1 cm³/mol. The second kappa shape index (κ2) is 8.97. The summed E-state index contributed by atoms with van der Waals surface area (Å²) in [6.07, 6.45) is 0. The minimum Gasteiger partial charge on any atom is -0.479 e. The Morgan fingerprint density at radius 1 is 1.29 bits per heavy atom. The number of amides is 2. The molecule has 0 heterocycles. The minimum absolute atomic E-state index is 0.409. The molecule has 0 saturated carbocycles. The number of carbonyl (C=O) groups is 2. The van der Waals surface area contributed by atoms with E-state index in [0.717, 1.165) is 0 Å². The first-order chi connectivity index (χ1) is 10.1. The maximum Gasteiger partial charge on any atom is 0.330 e. The Hall–Kier alpha value is -2.08. The molecule has 2 amide bonds. The van der Waals surface area contributed by atoms with Crippen LogP contribution in [0.5, 0.6) is 0 Å². The smallest absolute Gasteiger partial charge is 0.330 e. The number of urea groups is 1. The number of nitrogens with one attached hydrogen (secondary N) is 1. The SMILES string of the molecule is CCOCCN(CC)C(=O)NC(C(=O)O)c1ccccc1. The van der Waals surface area contributed by atoms with E-state index in [9.17, 15) is 14.7 Å². The van der Waals surface area contributed by atoms with Crippen molar-refractivity contribution < 1.29 is 19.4 Å². The number of carboxylic acid groups (broad SMARTS) is 1. The molecule has 0 aliphatic carbocycles. The molecule has 6 heteroatoms. The molecule has 1 atom stereocenters. The molecule has 21 heavy (non-hydrogen) atoms. The number of hydrogen-bond donors (Lipinski definition) is 2. The van der Waals surface area contributed by atoms with E-state index < -0.39 is 18.0 Å². The maximum atomic E-state index is 12.2. The molecule has 0 aliphatic heterocycles. The third-order valence-electron chi connectivity index (χ3n) is 3.03. The summed E-state index contributed by atoms with van der Waals surface area (Å²) < 4.78 is 5.22. The van der Waals surface area contributed by atoms with Crippen molar-refractivity contribution in [3.63, 3.8) is 0 Å². The molecule has 1 unspecified atom stereocenters. The van der Waals surface area contributed by atoms with Crippen LogP contribution in [0.15, 0.2) is 30.3 Å². The van der Waals surface area contributed by atoms with Crippen LogP contribution in [-0.4, -0.2) is 48.3 Å². The highest BCUT2D eigenvalue weighted by Crippen LogP contribution is 2.13. The van der Waals surface area contributed by atoms with Gasteiger partial charge >= 0.3 is 12.0 Å². The summed E-state index contributed by atoms with van der Waals surface area (Å²) in [5.74, 6) is -1.09. The zero-order valence-corrected chi connectivity index (χ0v) is 12.4. The standard InChI is InChI=1S/C15H22N2O4/c1-3-17(10-11-21-4-2)15(20)16-13(14(18)19)12-8-6-5-7-9-12/h5-9,13H,3-4,10-11H2,1-2H3,(H,16,20)(H,18,19). The Kier molecular flexibility index (Phi) is 7.25. The Labute approximate surface area is 124 Å². The lowest BCUT2D eigenvalue weighted by Crippen LogP contribution is -2.45. The molecule has 2 N–H and O–H groups in total. The van der Waals surface area contributed by atoms with Gasteiger partial charge in [0.2, 0.25) is 0 Å². The predicted octanol–water partition coefficient (Wildman–Crippen LogP) is 1.88. The first-order valence-corrected chi connectivity index (χ1v) is 7.01. The van der Waals surface area contributed by atoms with Gasteiger partial charge in [-0.05, 0) is 19.4 Å². The van der Waals surface area contributed by atoms with E-state index in [-0.39, 0.29) is 0 Å². The Morgan fingerprint density at radius 3 is 2.48 bits per heavy atom. The van der Waals surface area contributed by atoms with Crippen LogP contribution < -0.4 is 5.32 Å². The summed E-state index contributed by atoms with van der Waals surface area (Å²) in [6, 6.07) is 7.16. The zero-order valence-electron chi connectivity index (χ0n) is 12.4. The van der Waals surface area contributed by atoms with Gasteiger partial charge in [-0.1, -0.05) is 30.3 Å². The average Bonchev–Trinajstić information content (AvgIpc) is 2.49. The number of rotatable bonds is 8. The number of carboxylic acids is 1. The number of aliphatic carboxylic acids is 1. The van der Waals surface area contributed by atoms with Crippen molar-refractivity contribution in [2.24, 2.45) is 0 Å². The van der Waals surface area contributed by atoms with E-state index in [4.69, 9.17) is 4.74 Å². The normalized spacial score (nSPS) is 11.7. The van der Waals surface area contributed by atoms with Crippen molar-refractivity contribution in [3.8, 4) is 0 Å². The fourth-order valence-electron chi connectivity index (χ4n) is 1.87. The summed E-state index contributed by atoms with van der Waals surface area (Å²) >= 11 is 0. The van der Waals surface area contributed by atoms with E-state index in [1.165, 1.54) is 4.90 Å². The fraction of sp³-hybridized carbons (Fsp3) is 0.467.